The van der Waals surface area contributed by atoms with Gasteiger partial charge in [0.2, 0.25) is 0 Å². The fraction of sp³-hybridized carbons (Fsp3) is 0.143. The number of para-hydroxylation sites is 2. The molecule has 0 amide bonds. The molecule has 0 aliphatic carbocycles. The van der Waals surface area contributed by atoms with Crippen LogP contribution in [0.3, 0.4) is 0 Å². The Labute approximate surface area is 110 Å². The molecule has 0 N–H and O–H groups in total. The Bertz CT molecular complexity index is 536. The molecule has 0 radical (unpaired) electrons. The van der Waals surface area contributed by atoms with E-state index in [2.05, 4.69) is 81.3 Å². The molecule has 0 saturated carbocycles. The highest BCUT2D eigenvalue weighted by atomic mass is 79.9. The first-order chi connectivity index (χ1) is 8.25. The molecular formula is C14H13BrN2. The summed E-state index contributed by atoms with van der Waals surface area (Å²) < 4.78 is 1.11. The minimum atomic E-state index is 0.904. The average molecular weight is 289 g/mol. The molecule has 2 aromatic rings. The molecule has 2 nitrogen and oxygen atoms in total. The normalized spacial score (nSPS) is 14.0. The van der Waals surface area contributed by atoms with Crippen LogP contribution in [0.2, 0.25) is 0 Å². The van der Waals surface area contributed by atoms with Crippen LogP contribution in [0.4, 0.5) is 17.1 Å². The number of fused-ring (bicyclic) bond motifs is 1. The van der Waals surface area contributed by atoms with Gasteiger partial charge in [-0.15, -0.1) is 0 Å². The molecule has 17 heavy (non-hydrogen) atoms. The van der Waals surface area contributed by atoms with Gasteiger partial charge in [0.25, 0.3) is 0 Å². The molecule has 0 spiro atoms. The zero-order chi connectivity index (χ0) is 11.8. The predicted molar refractivity (Wildman–Crippen MR) is 76.0 cm³/mol. The third kappa shape index (κ3) is 1.80. The van der Waals surface area contributed by atoms with Gasteiger partial charge in [-0.2, -0.15) is 0 Å². The van der Waals surface area contributed by atoms with Crippen molar-refractivity contribution in [1.82, 2.24) is 0 Å². The van der Waals surface area contributed by atoms with Crippen molar-refractivity contribution in [2.45, 2.75) is 0 Å². The Morgan fingerprint density at radius 3 is 2.29 bits per heavy atom. The van der Waals surface area contributed by atoms with Crippen LogP contribution in [0, 0.1) is 0 Å². The van der Waals surface area contributed by atoms with Crippen LogP contribution < -0.4 is 9.80 Å². The highest BCUT2D eigenvalue weighted by Gasteiger charge is 2.23. The molecule has 86 valence electrons. The van der Waals surface area contributed by atoms with E-state index in [0.29, 0.717) is 0 Å². The number of hydrogen-bond acceptors (Lipinski definition) is 2. The second-order valence-corrected chi connectivity index (χ2v) is 5.15. The highest BCUT2D eigenvalue weighted by molar-refractivity contribution is 9.10. The Balaban J connectivity index is 2.04. The van der Waals surface area contributed by atoms with Crippen molar-refractivity contribution in [3.63, 3.8) is 0 Å². The van der Waals surface area contributed by atoms with E-state index in [1.807, 2.05) is 0 Å². The Hall–Kier alpha value is -1.48. The quantitative estimate of drug-likeness (QED) is 0.783. The molecule has 1 aliphatic rings. The van der Waals surface area contributed by atoms with Crippen LogP contribution in [0.5, 0.6) is 0 Å². The first-order valence-electron chi connectivity index (χ1n) is 5.59. The van der Waals surface area contributed by atoms with Crippen LogP contribution in [0.1, 0.15) is 0 Å². The number of anilines is 3. The fourth-order valence-corrected chi connectivity index (χ4v) is 2.49. The minimum Gasteiger partial charge on any atom is -0.355 e. The maximum atomic E-state index is 3.47. The van der Waals surface area contributed by atoms with E-state index in [9.17, 15) is 0 Å². The van der Waals surface area contributed by atoms with Crippen LogP contribution in [0.25, 0.3) is 0 Å². The molecule has 1 aliphatic heterocycles. The third-order valence-electron chi connectivity index (χ3n) is 3.08. The van der Waals surface area contributed by atoms with E-state index in [4.69, 9.17) is 0 Å². The lowest BCUT2D eigenvalue weighted by atomic mass is 10.2. The van der Waals surface area contributed by atoms with E-state index >= 15 is 0 Å². The summed E-state index contributed by atoms with van der Waals surface area (Å²) in [6, 6.07) is 16.9. The second kappa shape index (κ2) is 4.08. The lowest BCUT2D eigenvalue weighted by Gasteiger charge is -2.19. The molecule has 2 aromatic carbocycles. The molecule has 0 atom stereocenters. The summed E-state index contributed by atoms with van der Waals surface area (Å²) in [7, 11) is 2.12. The van der Waals surface area contributed by atoms with Gasteiger partial charge in [0.1, 0.15) is 0 Å². The Kier molecular flexibility index (Phi) is 2.56. The van der Waals surface area contributed by atoms with E-state index in [1.54, 1.807) is 0 Å². The summed E-state index contributed by atoms with van der Waals surface area (Å²) in [6.07, 6.45) is 0. The largest absolute Gasteiger partial charge is 0.355 e. The second-order valence-electron chi connectivity index (χ2n) is 4.23. The summed E-state index contributed by atoms with van der Waals surface area (Å²) in [4.78, 5) is 4.58. The predicted octanol–water partition coefficient (Wildman–Crippen LogP) is 3.99. The first kappa shape index (κ1) is 10.7. The average Bonchev–Trinajstić information content (AvgIpc) is 2.69. The topological polar surface area (TPSA) is 6.48 Å². The summed E-state index contributed by atoms with van der Waals surface area (Å²) in [5, 5.41) is 0. The van der Waals surface area contributed by atoms with Crippen molar-refractivity contribution in [3.05, 3.63) is 53.0 Å². The van der Waals surface area contributed by atoms with E-state index in [1.165, 1.54) is 17.1 Å². The lowest BCUT2D eigenvalue weighted by molar-refractivity contribution is 0.950. The number of halogens is 1. The van der Waals surface area contributed by atoms with E-state index in [-0.39, 0.29) is 0 Å². The van der Waals surface area contributed by atoms with Gasteiger partial charge in [-0.05, 0) is 36.4 Å². The first-order valence-corrected chi connectivity index (χ1v) is 6.38. The van der Waals surface area contributed by atoms with Gasteiger partial charge in [-0.25, -0.2) is 0 Å². The zero-order valence-corrected chi connectivity index (χ0v) is 11.2. The number of rotatable bonds is 1. The molecule has 0 saturated heterocycles. The number of hydrogen-bond donors (Lipinski definition) is 0. The van der Waals surface area contributed by atoms with Crippen molar-refractivity contribution in [2.24, 2.45) is 0 Å². The van der Waals surface area contributed by atoms with Crippen molar-refractivity contribution >= 4 is 33.0 Å². The van der Waals surface area contributed by atoms with E-state index < -0.39 is 0 Å². The van der Waals surface area contributed by atoms with Crippen molar-refractivity contribution in [3.8, 4) is 0 Å². The van der Waals surface area contributed by atoms with Crippen molar-refractivity contribution in [2.75, 3.05) is 23.5 Å². The summed E-state index contributed by atoms with van der Waals surface area (Å²) in [6.45, 7) is 0.904. The fourth-order valence-electron chi connectivity index (χ4n) is 2.22. The van der Waals surface area contributed by atoms with Gasteiger partial charge < -0.3 is 9.80 Å². The smallest absolute Gasteiger partial charge is 0.0950 e. The van der Waals surface area contributed by atoms with Crippen LogP contribution >= 0.6 is 15.9 Å². The maximum Gasteiger partial charge on any atom is 0.0950 e. The Morgan fingerprint density at radius 1 is 0.941 bits per heavy atom. The highest BCUT2D eigenvalue weighted by Crippen LogP contribution is 2.39. The van der Waals surface area contributed by atoms with Gasteiger partial charge >= 0.3 is 0 Å². The maximum absolute atomic E-state index is 3.47. The molecular weight excluding hydrogens is 276 g/mol. The van der Waals surface area contributed by atoms with Gasteiger partial charge in [0.05, 0.1) is 18.0 Å². The monoisotopic (exact) mass is 288 g/mol. The molecule has 3 rings (SSSR count). The molecule has 0 bridgehead atoms. The van der Waals surface area contributed by atoms with Crippen LogP contribution in [-0.4, -0.2) is 13.7 Å². The van der Waals surface area contributed by atoms with Gasteiger partial charge in [0, 0.05) is 17.2 Å². The molecule has 1 heterocycles. The van der Waals surface area contributed by atoms with Gasteiger partial charge in [-0.3, -0.25) is 0 Å². The van der Waals surface area contributed by atoms with Crippen LogP contribution in [0.15, 0.2) is 53.0 Å². The SMILES string of the molecule is CN1CN(c2ccc(Br)cc2)c2ccccc21. The van der Waals surface area contributed by atoms with Gasteiger partial charge in [-0.1, -0.05) is 28.1 Å². The third-order valence-corrected chi connectivity index (χ3v) is 3.60. The number of nitrogens with zero attached hydrogens (tertiary/aromatic N) is 2. The number of benzene rings is 2. The van der Waals surface area contributed by atoms with Crippen molar-refractivity contribution in [1.29, 1.82) is 0 Å². The molecule has 3 heteroatoms. The molecule has 0 aromatic heterocycles. The summed E-state index contributed by atoms with van der Waals surface area (Å²) >= 11 is 3.47. The molecule has 0 fully saturated rings. The van der Waals surface area contributed by atoms with E-state index in [0.717, 1.165) is 11.1 Å². The minimum absolute atomic E-state index is 0.904. The summed E-state index contributed by atoms with van der Waals surface area (Å²) in [5.41, 5.74) is 3.79. The summed E-state index contributed by atoms with van der Waals surface area (Å²) in [5.74, 6) is 0. The molecule has 0 unspecified atom stereocenters. The van der Waals surface area contributed by atoms with Crippen LogP contribution in [-0.2, 0) is 0 Å². The lowest BCUT2D eigenvalue weighted by Crippen LogP contribution is -2.23. The standard InChI is InChI=1S/C14H13BrN2/c1-16-10-17(12-8-6-11(15)7-9-12)14-5-3-2-4-13(14)16/h2-9H,10H2,1H3. The zero-order valence-electron chi connectivity index (χ0n) is 9.60. The van der Waals surface area contributed by atoms with Crippen molar-refractivity contribution < 1.29 is 0 Å². The van der Waals surface area contributed by atoms with Gasteiger partial charge in [0.15, 0.2) is 0 Å². The Morgan fingerprint density at radius 2 is 1.59 bits per heavy atom.